The Balaban J connectivity index is 1.43. The monoisotopic (exact) mass is 356 g/mol. The van der Waals surface area contributed by atoms with Gasteiger partial charge in [-0.05, 0) is 54.7 Å². The fraction of sp³-hybridized carbons (Fsp3) is 0.429. The van der Waals surface area contributed by atoms with Gasteiger partial charge in [-0.1, -0.05) is 35.9 Å². The molecule has 0 spiro atoms. The van der Waals surface area contributed by atoms with Gasteiger partial charge >= 0.3 is 0 Å². The molecule has 2 fully saturated rings. The third-order valence-corrected chi connectivity index (χ3v) is 5.82. The van der Waals surface area contributed by atoms with Crippen LogP contribution in [0.4, 0.5) is 5.69 Å². The molecule has 0 saturated carbocycles. The van der Waals surface area contributed by atoms with E-state index in [9.17, 15) is 5.11 Å². The second kappa shape index (κ2) is 7.36. The van der Waals surface area contributed by atoms with E-state index < -0.39 is 0 Å². The lowest BCUT2D eigenvalue weighted by Gasteiger charge is -2.38. The molecule has 0 aliphatic carbocycles. The summed E-state index contributed by atoms with van der Waals surface area (Å²) in [5.74, 6) is 0. The normalized spacial score (nSPS) is 22.5. The van der Waals surface area contributed by atoms with E-state index in [4.69, 9.17) is 11.6 Å². The second-order valence-corrected chi connectivity index (χ2v) is 7.65. The molecule has 2 aliphatic heterocycles. The molecule has 25 heavy (non-hydrogen) atoms. The molecule has 1 atom stereocenters. The van der Waals surface area contributed by atoms with Gasteiger partial charge in [-0.2, -0.15) is 0 Å². The smallest absolute Gasteiger partial charge is 0.0679 e. The minimum atomic E-state index is -0.117. The number of benzene rings is 2. The number of hydrogen-bond acceptors (Lipinski definition) is 3. The average molecular weight is 357 g/mol. The molecule has 0 bridgehead atoms. The first-order chi connectivity index (χ1) is 12.2. The maximum atomic E-state index is 9.76. The Morgan fingerprint density at radius 2 is 1.64 bits per heavy atom. The summed E-state index contributed by atoms with van der Waals surface area (Å²) in [4.78, 5) is 4.97. The number of aliphatic hydroxyl groups is 1. The first-order valence-electron chi connectivity index (χ1n) is 9.22. The molecular formula is C21H25ClN2O. The minimum Gasteiger partial charge on any atom is -0.392 e. The lowest BCUT2D eigenvalue weighted by molar-refractivity contribution is 0.148. The maximum Gasteiger partial charge on any atom is 0.0679 e. The summed E-state index contributed by atoms with van der Waals surface area (Å²) in [5, 5.41) is 10.5. The molecule has 2 saturated heterocycles. The standard InChI is InChI=1S/C21H25ClN2O/c22-18-6-4-16(5-7-18)17-2-1-3-20(14-17)23-11-8-19(9-12-23)24-13-10-21(25)15-24/h1-7,14,19,21,25H,8-13,15H2/t21-/m1/s1. The summed E-state index contributed by atoms with van der Waals surface area (Å²) >= 11 is 6.00. The Morgan fingerprint density at radius 3 is 2.32 bits per heavy atom. The number of hydrogen-bond donors (Lipinski definition) is 1. The molecule has 4 heteroatoms. The van der Waals surface area contributed by atoms with Crippen molar-refractivity contribution in [3.63, 3.8) is 0 Å². The van der Waals surface area contributed by atoms with Gasteiger partial charge in [-0.25, -0.2) is 0 Å². The summed E-state index contributed by atoms with van der Waals surface area (Å²) in [5.41, 5.74) is 3.73. The molecule has 2 aromatic carbocycles. The van der Waals surface area contributed by atoms with Crippen molar-refractivity contribution in [3.8, 4) is 11.1 Å². The van der Waals surface area contributed by atoms with E-state index in [1.165, 1.54) is 29.7 Å². The van der Waals surface area contributed by atoms with Gasteiger partial charge in [0.25, 0.3) is 0 Å². The quantitative estimate of drug-likeness (QED) is 0.899. The van der Waals surface area contributed by atoms with E-state index in [0.29, 0.717) is 6.04 Å². The maximum absolute atomic E-state index is 9.76. The van der Waals surface area contributed by atoms with Crippen LogP contribution >= 0.6 is 11.6 Å². The van der Waals surface area contributed by atoms with E-state index in [1.54, 1.807) is 0 Å². The molecule has 132 valence electrons. The van der Waals surface area contributed by atoms with Gasteiger partial charge in [-0.15, -0.1) is 0 Å². The van der Waals surface area contributed by atoms with E-state index in [0.717, 1.165) is 37.6 Å². The number of aliphatic hydroxyl groups excluding tert-OH is 1. The van der Waals surface area contributed by atoms with Crippen LogP contribution in [0.2, 0.25) is 5.02 Å². The van der Waals surface area contributed by atoms with Crippen molar-refractivity contribution in [2.24, 2.45) is 0 Å². The Morgan fingerprint density at radius 1 is 0.880 bits per heavy atom. The highest BCUT2D eigenvalue weighted by atomic mass is 35.5. The fourth-order valence-electron chi connectivity index (χ4n) is 4.11. The molecule has 1 N–H and O–H groups in total. The zero-order valence-electron chi connectivity index (χ0n) is 14.4. The van der Waals surface area contributed by atoms with Crippen LogP contribution in [0.25, 0.3) is 11.1 Å². The van der Waals surface area contributed by atoms with Crippen LogP contribution in [0.1, 0.15) is 19.3 Å². The van der Waals surface area contributed by atoms with Crippen molar-refractivity contribution in [2.75, 3.05) is 31.1 Å². The molecular weight excluding hydrogens is 332 g/mol. The zero-order valence-corrected chi connectivity index (χ0v) is 15.2. The van der Waals surface area contributed by atoms with Crippen LogP contribution < -0.4 is 4.90 Å². The Hall–Kier alpha value is -1.55. The third-order valence-electron chi connectivity index (χ3n) is 5.56. The molecule has 3 nitrogen and oxygen atoms in total. The van der Waals surface area contributed by atoms with Gasteiger partial charge in [0.1, 0.15) is 0 Å². The first kappa shape index (κ1) is 16.9. The SMILES string of the molecule is O[C@@H]1CCN(C2CCN(c3cccc(-c4ccc(Cl)cc4)c3)CC2)C1. The Labute approximate surface area is 154 Å². The molecule has 4 rings (SSSR count). The van der Waals surface area contributed by atoms with E-state index in [2.05, 4.69) is 46.2 Å². The number of likely N-dealkylation sites (tertiary alicyclic amines) is 1. The zero-order chi connectivity index (χ0) is 17.2. The fourth-order valence-corrected chi connectivity index (χ4v) is 4.24. The van der Waals surface area contributed by atoms with Gasteiger partial charge in [0, 0.05) is 42.9 Å². The van der Waals surface area contributed by atoms with Crippen molar-refractivity contribution < 1.29 is 5.11 Å². The van der Waals surface area contributed by atoms with Crippen molar-refractivity contribution in [3.05, 3.63) is 53.6 Å². The number of anilines is 1. The first-order valence-corrected chi connectivity index (χ1v) is 9.60. The van der Waals surface area contributed by atoms with Gasteiger partial charge in [0.05, 0.1) is 6.10 Å². The average Bonchev–Trinajstić information content (AvgIpc) is 3.09. The number of rotatable bonds is 3. The number of halogens is 1. The van der Waals surface area contributed by atoms with Gasteiger partial charge in [0.2, 0.25) is 0 Å². The van der Waals surface area contributed by atoms with Gasteiger partial charge in [0.15, 0.2) is 0 Å². The second-order valence-electron chi connectivity index (χ2n) is 7.21. The lowest BCUT2D eigenvalue weighted by Crippen LogP contribution is -2.44. The van der Waals surface area contributed by atoms with Crippen molar-refractivity contribution in [1.82, 2.24) is 4.90 Å². The van der Waals surface area contributed by atoms with Gasteiger partial charge in [-0.3, -0.25) is 4.90 Å². The van der Waals surface area contributed by atoms with E-state index in [-0.39, 0.29) is 6.10 Å². The largest absolute Gasteiger partial charge is 0.392 e. The molecule has 0 aromatic heterocycles. The Bertz CT molecular complexity index is 710. The van der Waals surface area contributed by atoms with Crippen LogP contribution in [0.5, 0.6) is 0 Å². The van der Waals surface area contributed by atoms with Crippen LogP contribution in [0, 0.1) is 0 Å². The summed E-state index contributed by atoms with van der Waals surface area (Å²) in [6, 6.07) is 17.5. The summed E-state index contributed by atoms with van der Waals surface area (Å²) in [7, 11) is 0. The number of β-amino-alcohol motifs (C(OH)–C–C–N with tert-alkyl or cyclic N) is 1. The van der Waals surface area contributed by atoms with Crippen LogP contribution in [-0.2, 0) is 0 Å². The molecule has 0 radical (unpaired) electrons. The topological polar surface area (TPSA) is 26.7 Å². The summed E-state index contributed by atoms with van der Waals surface area (Å²) in [6.07, 6.45) is 3.17. The van der Waals surface area contributed by atoms with Crippen molar-refractivity contribution in [1.29, 1.82) is 0 Å². The van der Waals surface area contributed by atoms with Crippen LogP contribution in [0.3, 0.4) is 0 Å². The van der Waals surface area contributed by atoms with E-state index in [1.807, 2.05) is 12.1 Å². The summed E-state index contributed by atoms with van der Waals surface area (Å²) in [6.45, 7) is 4.08. The highest BCUT2D eigenvalue weighted by Crippen LogP contribution is 2.29. The number of piperidine rings is 1. The lowest BCUT2D eigenvalue weighted by atomic mass is 10.0. The highest BCUT2D eigenvalue weighted by molar-refractivity contribution is 6.30. The van der Waals surface area contributed by atoms with Crippen molar-refractivity contribution >= 4 is 17.3 Å². The van der Waals surface area contributed by atoms with Crippen molar-refractivity contribution in [2.45, 2.75) is 31.4 Å². The predicted octanol–water partition coefficient (Wildman–Crippen LogP) is 4.04. The van der Waals surface area contributed by atoms with E-state index >= 15 is 0 Å². The Kier molecular flexibility index (Phi) is 4.98. The molecule has 2 aliphatic rings. The third kappa shape index (κ3) is 3.84. The highest BCUT2D eigenvalue weighted by Gasteiger charge is 2.29. The van der Waals surface area contributed by atoms with Gasteiger partial charge < -0.3 is 10.0 Å². The molecule has 2 aromatic rings. The minimum absolute atomic E-state index is 0.117. The summed E-state index contributed by atoms with van der Waals surface area (Å²) < 4.78 is 0. The molecule has 0 unspecified atom stereocenters. The number of nitrogens with zero attached hydrogens (tertiary/aromatic N) is 2. The van der Waals surface area contributed by atoms with Crippen LogP contribution in [-0.4, -0.2) is 48.3 Å². The van der Waals surface area contributed by atoms with Crippen LogP contribution in [0.15, 0.2) is 48.5 Å². The predicted molar refractivity (Wildman–Crippen MR) is 104 cm³/mol. The molecule has 2 heterocycles. The molecule has 0 amide bonds.